The normalized spacial score (nSPS) is 45.2. The van der Waals surface area contributed by atoms with Crippen LogP contribution in [0.2, 0.25) is 0 Å². The standard InChI is InChI=1S/C24H32O6/c1-13-9-16-17-6-8-24(29,20(28)12-30-14(2)25)23(17,4)11-19(27)21(16)22(3)7-5-15(26)10-18(13)22/h10,13,16-17,21,29H,5-9,11-12H2,1-4H3/t13-,16-,17+,21-,22-,23-,24-/m0/s1. The molecule has 3 saturated carbocycles. The van der Waals surface area contributed by atoms with Crippen LogP contribution in [-0.2, 0) is 23.9 Å². The van der Waals surface area contributed by atoms with Gasteiger partial charge in [-0.1, -0.05) is 26.3 Å². The fourth-order valence-corrected chi connectivity index (χ4v) is 7.57. The van der Waals surface area contributed by atoms with Crippen molar-refractivity contribution in [2.24, 2.45) is 34.5 Å². The molecule has 0 amide bonds. The topological polar surface area (TPSA) is 97.7 Å². The quantitative estimate of drug-likeness (QED) is 0.711. The van der Waals surface area contributed by atoms with E-state index >= 15 is 0 Å². The van der Waals surface area contributed by atoms with Gasteiger partial charge in [-0.3, -0.25) is 19.2 Å². The number of ketones is 3. The van der Waals surface area contributed by atoms with Crippen LogP contribution in [0.1, 0.15) is 66.2 Å². The Hall–Kier alpha value is -1.82. The Morgan fingerprint density at radius 2 is 1.93 bits per heavy atom. The van der Waals surface area contributed by atoms with Gasteiger partial charge in [0.1, 0.15) is 11.4 Å². The first-order valence-electron chi connectivity index (χ1n) is 11.1. The van der Waals surface area contributed by atoms with E-state index in [0.29, 0.717) is 19.3 Å². The molecular weight excluding hydrogens is 384 g/mol. The lowest BCUT2D eigenvalue weighted by molar-refractivity contribution is -0.174. The van der Waals surface area contributed by atoms with E-state index in [4.69, 9.17) is 4.74 Å². The van der Waals surface area contributed by atoms with E-state index in [1.807, 2.05) is 6.92 Å². The van der Waals surface area contributed by atoms with Crippen LogP contribution in [0.5, 0.6) is 0 Å². The number of esters is 1. The monoisotopic (exact) mass is 416 g/mol. The maximum atomic E-state index is 13.6. The lowest BCUT2D eigenvalue weighted by Crippen LogP contribution is -2.61. The van der Waals surface area contributed by atoms with Crippen molar-refractivity contribution in [3.8, 4) is 0 Å². The molecule has 0 aliphatic heterocycles. The van der Waals surface area contributed by atoms with Crippen LogP contribution in [0.25, 0.3) is 0 Å². The zero-order chi connectivity index (χ0) is 22.1. The molecule has 0 spiro atoms. The third-order valence-electron chi connectivity index (χ3n) is 8.99. The van der Waals surface area contributed by atoms with E-state index in [0.717, 1.165) is 12.0 Å². The van der Waals surface area contributed by atoms with Crippen molar-refractivity contribution in [2.45, 2.75) is 71.8 Å². The van der Waals surface area contributed by atoms with Gasteiger partial charge in [-0.25, -0.2) is 0 Å². The highest BCUT2D eigenvalue weighted by Crippen LogP contribution is 2.67. The van der Waals surface area contributed by atoms with Gasteiger partial charge in [0.05, 0.1) is 0 Å². The first kappa shape index (κ1) is 21.4. The molecule has 7 atom stereocenters. The summed E-state index contributed by atoms with van der Waals surface area (Å²) >= 11 is 0. The van der Waals surface area contributed by atoms with Crippen molar-refractivity contribution in [3.63, 3.8) is 0 Å². The largest absolute Gasteiger partial charge is 0.458 e. The van der Waals surface area contributed by atoms with Crippen LogP contribution >= 0.6 is 0 Å². The Balaban J connectivity index is 1.70. The van der Waals surface area contributed by atoms with Gasteiger partial charge < -0.3 is 9.84 Å². The van der Waals surface area contributed by atoms with E-state index in [1.165, 1.54) is 6.92 Å². The fourth-order valence-electron chi connectivity index (χ4n) is 7.57. The summed E-state index contributed by atoms with van der Waals surface area (Å²) in [5, 5.41) is 11.5. The molecule has 4 rings (SSSR count). The number of fused-ring (bicyclic) bond motifs is 5. The molecule has 0 saturated heterocycles. The molecule has 6 nitrogen and oxygen atoms in total. The highest BCUT2D eigenvalue weighted by Gasteiger charge is 2.69. The van der Waals surface area contributed by atoms with E-state index in [2.05, 4.69) is 13.8 Å². The van der Waals surface area contributed by atoms with E-state index in [-0.39, 0.29) is 53.5 Å². The van der Waals surface area contributed by atoms with Gasteiger partial charge >= 0.3 is 5.97 Å². The van der Waals surface area contributed by atoms with Crippen LogP contribution in [0.4, 0.5) is 0 Å². The smallest absolute Gasteiger partial charge is 0.303 e. The summed E-state index contributed by atoms with van der Waals surface area (Å²) in [4.78, 5) is 49.7. The van der Waals surface area contributed by atoms with Crippen molar-refractivity contribution in [3.05, 3.63) is 11.6 Å². The minimum Gasteiger partial charge on any atom is -0.458 e. The summed E-state index contributed by atoms with van der Waals surface area (Å²) < 4.78 is 4.88. The van der Waals surface area contributed by atoms with Crippen molar-refractivity contribution in [1.29, 1.82) is 0 Å². The Morgan fingerprint density at radius 1 is 1.23 bits per heavy atom. The lowest BCUT2D eigenvalue weighted by Gasteiger charge is -2.59. The Bertz CT molecular complexity index is 858. The highest BCUT2D eigenvalue weighted by atomic mass is 16.5. The zero-order valence-corrected chi connectivity index (χ0v) is 18.3. The molecule has 0 aromatic carbocycles. The molecule has 1 N–H and O–H groups in total. The molecule has 6 heteroatoms. The zero-order valence-electron chi connectivity index (χ0n) is 18.3. The second-order valence-corrected chi connectivity index (χ2v) is 10.5. The molecule has 4 aliphatic rings. The van der Waals surface area contributed by atoms with Gasteiger partial charge in [0.25, 0.3) is 0 Å². The summed E-state index contributed by atoms with van der Waals surface area (Å²) in [5.74, 6) is -0.680. The molecule has 0 heterocycles. The highest BCUT2D eigenvalue weighted by molar-refractivity contribution is 5.95. The number of allylic oxidation sites excluding steroid dienone is 1. The molecule has 4 aliphatic carbocycles. The predicted octanol–water partition coefficient (Wildman–Crippen LogP) is 2.81. The molecule has 164 valence electrons. The molecular formula is C24H32O6. The molecule has 0 aromatic heterocycles. The van der Waals surface area contributed by atoms with Gasteiger partial charge in [-0.15, -0.1) is 0 Å². The summed E-state index contributed by atoms with van der Waals surface area (Å²) in [6.07, 6.45) is 4.83. The fraction of sp³-hybridized carbons (Fsp3) is 0.750. The number of rotatable bonds is 3. The van der Waals surface area contributed by atoms with E-state index in [9.17, 15) is 24.3 Å². The molecule has 0 radical (unpaired) electrons. The lowest BCUT2D eigenvalue weighted by atomic mass is 9.44. The number of ether oxygens (including phenoxy) is 1. The third kappa shape index (κ3) is 2.79. The molecule has 0 aromatic rings. The molecule has 0 bridgehead atoms. The van der Waals surface area contributed by atoms with Crippen molar-refractivity contribution in [2.75, 3.05) is 6.61 Å². The van der Waals surface area contributed by atoms with E-state index < -0.39 is 29.4 Å². The average molecular weight is 417 g/mol. The van der Waals surface area contributed by atoms with Gasteiger partial charge in [-0.05, 0) is 54.9 Å². The maximum absolute atomic E-state index is 13.6. The number of hydrogen-bond acceptors (Lipinski definition) is 6. The first-order chi connectivity index (χ1) is 13.9. The molecule has 0 unspecified atom stereocenters. The second-order valence-electron chi connectivity index (χ2n) is 10.5. The van der Waals surface area contributed by atoms with Gasteiger partial charge in [0.15, 0.2) is 12.4 Å². The Kier molecular flexibility index (Phi) is 4.88. The predicted molar refractivity (Wildman–Crippen MR) is 108 cm³/mol. The third-order valence-corrected chi connectivity index (χ3v) is 8.99. The van der Waals surface area contributed by atoms with Gasteiger partial charge in [0, 0.05) is 31.1 Å². The number of carbonyl (C=O) groups is 4. The number of Topliss-reactive ketones (excluding diaryl/α,β-unsaturated/α-hetero) is 2. The summed E-state index contributed by atoms with van der Waals surface area (Å²) in [6.45, 7) is 6.90. The summed E-state index contributed by atoms with van der Waals surface area (Å²) in [7, 11) is 0. The summed E-state index contributed by atoms with van der Waals surface area (Å²) in [5.41, 5.74) is -1.73. The van der Waals surface area contributed by atoms with Crippen LogP contribution in [-0.4, -0.2) is 40.6 Å². The van der Waals surface area contributed by atoms with Crippen LogP contribution in [0.3, 0.4) is 0 Å². The first-order valence-corrected chi connectivity index (χ1v) is 11.1. The van der Waals surface area contributed by atoms with Crippen molar-refractivity contribution < 1.29 is 29.0 Å². The van der Waals surface area contributed by atoms with Crippen molar-refractivity contribution >= 4 is 23.3 Å². The minimum atomic E-state index is -1.66. The van der Waals surface area contributed by atoms with Crippen LogP contribution in [0.15, 0.2) is 11.6 Å². The summed E-state index contributed by atoms with van der Waals surface area (Å²) in [6, 6.07) is 0. The maximum Gasteiger partial charge on any atom is 0.303 e. The molecule has 3 fully saturated rings. The van der Waals surface area contributed by atoms with Crippen molar-refractivity contribution in [1.82, 2.24) is 0 Å². The molecule has 30 heavy (non-hydrogen) atoms. The number of hydrogen-bond donors (Lipinski definition) is 1. The second kappa shape index (κ2) is 6.84. The average Bonchev–Trinajstić information content (AvgIpc) is 2.93. The SMILES string of the molecule is CC(=O)OCC(=O)[C@@]1(O)CC[C@@H]2[C@@H]3C[C@H](C)C4=CC(=O)CC[C@]4(C)[C@@H]3C(=O)C[C@@]21C. The number of aliphatic hydroxyl groups is 1. The Morgan fingerprint density at radius 3 is 2.60 bits per heavy atom. The van der Waals surface area contributed by atoms with Gasteiger partial charge in [0.2, 0.25) is 5.78 Å². The van der Waals surface area contributed by atoms with Crippen LogP contribution in [0, 0.1) is 34.5 Å². The number of carbonyl (C=O) groups excluding carboxylic acids is 4. The van der Waals surface area contributed by atoms with Crippen LogP contribution < -0.4 is 0 Å². The van der Waals surface area contributed by atoms with Gasteiger partial charge in [-0.2, -0.15) is 0 Å². The Labute approximate surface area is 177 Å². The van der Waals surface area contributed by atoms with E-state index in [1.54, 1.807) is 6.08 Å². The minimum absolute atomic E-state index is 0.0462.